The van der Waals surface area contributed by atoms with Gasteiger partial charge in [-0.05, 0) is 61.7 Å². The van der Waals surface area contributed by atoms with E-state index >= 15 is 0 Å². The Morgan fingerprint density at radius 2 is 1.88 bits per heavy atom. The molecule has 1 amide bonds. The fourth-order valence-corrected chi connectivity index (χ4v) is 3.39. The van der Waals surface area contributed by atoms with Crippen molar-refractivity contribution in [1.82, 2.24) is 15.1 Å². The first-order valence-electron chi connectivity index (χ1n) is 10.2. The van der Waals surface area contributed by atoms with Crippen LogP contribution in [0, 0.1) is 12.7 Å². The maximum Gasteiger partial charge on any atom is 0.337 e. The highest BCUT2D eigenvalue weighted by molar-refractivity contribution is 5.98. The Morgan fingerprint density at radius 1 is 1.19 bits per heavy atom. The number of halogens is 1. The lowest BCUT2D eigenvalue weighted by Crippen LogP contribution is -2.27. The van der Waals surface area contributed by atoms with E-state index in [1.165, 1.54) is 23.9 Å². The highest BCUT2D eigenvalue weighted by Gasteiger charge is 2.24. The Bertz CT molecular complexity index is 1140. The SMILES string of the molecule is CCc1cc(Oc2c(C(=O)N[C@@H](C)c3ccc(C(=O)OC)cc3)c(C)nn2C)ccc1F. The van der Waals surface area contributed by atoms with Gasteiger partial charge in [0, 0.05) is 7.05 Å². The van der Waals surface area contributed by atoms with Crippen molar-refractivity contribution in [3.8, 4) is 11.6 Å². The predicted molar refractivity (Wildman–Crippen MR) is 117 cm³/mol. The molecule has 0 unspecified atom stereocenters. The van der Waals surface area contributed by atoms with Gasteiger partial charge in [0.25, 0.3) is 5.91 Å². The van der Waals surface area contributed by atoms with Gasteiger partial charge in [-0.25, -0.2) is 13.9 Å². The second-order valence-corrected chi connectivity index (χ2v) is 7.41. The standard InChI is InChI=1S/C24H26FN3O4/c1-6-16-13-19(11-12-20(16)25)32-23-21(15(3)27-28(23)4)22(29)26-14(2)17-7-9-18(10-8-17)24(30)31-5/h7-14H,6H2,1-5H3,(H,26,29)/t14-/m0/s1. The van der Waals surface area contributed by atoms with E-state index in [2.05, 4.69) is 10.4 Å². The number of benzene rings is 2. The smallest absolute Gasteiger partial charge is 0.337 e. The van der Waals surface area contributed by atoms with Crippen LogP contribution >= 0.6 is 0 Å². The summed E-state index contributed by atoms with van der Waals surface area (Å²) < 4.78 is 26.0. The number of methoxy groups -OCH3 is 1. The second kappa shape index (κ2) is 9.64. The number of amides is 1. The fourth-order valence-electron chi connectivity index (χ4n) is 3.39. The van der Waals surface area contributed by atoms with Gasteiger partial charge in [0.1, 0.15) is 17.1 Å². The average Bonchev–Trinajstić information content (AvgIpc) is 3.07. The number of nitrogens with zero attached hydrogens (tertiary/aromatic N) is 2. The van der Waals surface area contributed by atoms with Gasteiger partial charge in [0.15, 0.2) is 0 Å². The molecule has 168 valence electrons. The van der Waals surface area contributed by atoms with E-state index in [-0.39, 0.29) is 23.6 Å². The molecule has 8 heteroatoms. The molecule has 0 aliphatic rings. The van der Waals surface area contributed by atoms with Crippen LogP contribution in [0.1, 0.15) is 57.4 Å². The third-order valence-electron chi connectivity index (χ3n) is 5.19. The van der Waals surface area contributed by atoms with Crippen molar-refractivity contribution in [2.45, 2.75) is 33.2 Å². The van der Waals surface area contributed by atoms with E-state index < -0.39 is 5.97 Å². The largest absolute Gasteiger partial charge is 0.465 e. The number of carbonyl (C=O) groups excluding carboxylic acids is 2. The molecule has 7 nitrogen and oxygen atoms in total. The van der Waals surface area contributed by atoms with Crippen molar-refractivity contribution in [3.63, 3.8) is 0 Å². The number of nitrogens with one attached hydrogen (secondary N) is 1. The molecule has 0 bridgehead atoms. The third-order valence-corrected chi connectivity index (χ3v) is 5.19. The van der Waals surface area contributed by atoms with Crippen LogP contribution in [0.25, 0.3) is 0 Å². The number of aromatic nitrogens is 2. The summed E-state index contributed by atoms with van der Waals surface area (Å²) in [7, 11) is 3.00. The van der Waals surface area contributed by atoms with Gasteiger partial charge < -0.3 is 14.8 Å². The van der Waals surface area contributed by atoms with Gasteiger partial charge in [-0.1, -0.05) is 19.1 Å². The van der Waals surface area contributed by atoms with Crippen molar-refractivity contribution in [2.24, 2.45) is 7.05 Å². The average molecular weight is 439 g/mol. The van der Waals surface area contributed by atoms with Crippen LogP contribution in [0.4, 0.5) is 4.39 Å². The van der Waals surface area contributed by atoms with Crippen LogP contribution in [0.5, 0.6) is 11.6 Å². The number of carbonyl (C=O) groups is 2. The third kappa shape index (κ3) is 4.80. The zero-order chi connectivity index (χ0) is 23.4. The molecule has 1 heterocycles. The minimum atomic E-state index is -0.423. The predicted octanol–water partition coefficient (Wildman–Crippen LogP) is 4.50. The number of ether oxygens (including phenoxy) is 2. The van der Waals surface area contributed by atoms with Crippen molar-refractivity contribution in [3.05, 3.63) is 76.2 Å². The molecule has 0 aliphatic carbocycles. The lowest BCUT2D eigenvalue weighted by Gasteiger charge is -2.16. The molecule has 3 rings (SSSR count). The normalized spacial score (nSPS) is 11.7. The molecule has 2 aromatic carbocycles. The Kier molecular flexibility index (Phi) is 6.92. The van der Waals surface area contributed by atoms with Gasteiger partial charge >= 0.3 is 5.97 Å². The number of rotatable bonds is 7. The lowest BCUT2D eigenvalue weighted by molar-refractivity contribution is 0.0600. The van der Waals surface area contributed by atoms with E-state index in [4.69, 9.17) is 9.47 Å². The fraction of sp³-hybridized carbons (Fsp3) is 0.292. The van der Waals surface area contributed by atoms with Crippen molar-refractivity contribution in [2.75, 3.05) is 7.11 Å². The molecule has 0 aliphatic heterocycles. The van der Waals surface area contributed by atoms with Crippen LogP contribution in [-0.4, -0.2) is 28.8 Å². The molecular formula is C24H26FN3O4. The summed E-state index contributed by atoms with van der Waals surface area (Å²) in [5.41, 5.74) is 2.58. The topological polar surface area (TPSA) is 82.4 Å². The van der Waals surface area contributed by atoms with Gasteiger partial charge in [0.05, 0.1) is 24.4 Å². The van der Waals surface area contributed by atoms with Crippen molar-refractivity contribution < 1.29 is 23.5 Å². The molecule has 3 aromatic rings. The van der Waals surface area contributed by atoms with Crippen LogP contribution in [0.2, 0.25) is 0 Å². The summed E-state index contributed by atoms with van der Waals surface area (Å²) in [6, 6.07) is 11.0. The Labute approximate surface area is 186 Å². The molecular weight excluding hydrogens is 413 g/mol. The summed E-state index contributed by atoms with van der Waals surface area (Å²) in [4.78, 5) is 24.7. The Balaban J connectivity index is 1.82. The molecule has 0 radical (unpaired) electrons. The zero-order valence-electron chi connectivity index (χ0n) is 18.7. The molecule has 0 saturated heterocycles. The summed E-state index contributed by atoms with van der Waals surface area (Å²) in [5.74, 6) is -0.388. The Hall–Kier alpha value is -3.68. The summed E-state index contributed by atoms with van der Waals surface area (Å²) in [6.45, 7) is 5.42. The lowest BCUT2D eigenvalue weighted by atomic mass is 10.1. The molecule has 0 saturated carbocycles. The van der Waals surface area contributed by atoms with Gasteiger partial charge in [0.2, 0.25) is 5.88 Å². The maximum absolute atomic E-state index is 13.8. The van der Waals surface area contributed by atoms with E-state index in [1.54, 1.807) is 44.3 Å². The van der Waals surface area contributed by atoms with Crippen LogP contribution < -0.4 is 10.1 Å². The van der Waals surface area contributed by atoms with Gasteiger partial charge in [-0.15, -0.1) is 0 Å². The molecule has 1 atom stereocenters. The molecule has 32 heavy (non-hydrogen) atoms. The van der Waals surface area contributed by atoms with E-state index in [1.807, 2.05) is 13.8 Å². The highest BCUT2D eigenvalue weighted by Crippen LogP contribution is 2.29. The second-order valence-electron chi connectivity index (χ2n) is 7.41. The van der Waals surface area contributed by atoms with E-state index in [0.29, 0.717) is 34.6 Å². The minimum absolute atomic E-state index is 0.266. The molecule has 1 aromatic heterocycles. The Morgan fingerprint density at radius 3 is 2.50 bits per heavy atom. The number of hydrogen-bond acceptors (Lipinski definition) is 5. The van der Waals surface area contributed by atoms with E-state index in [9.17, 15) is 14.0 Å². The number of aryl methyl sites for hydroxylation is 3. The van der Waals surface area contributed by atoms with Crippen LogP contribution in [0.3, 0.4) is 0 Å². The quantitative estimate of drug-likeness (QED) is 0.548. The first-order valence-corrected chi connectivity index (χ1v) is 10.2. The number of hydrogen-bond donors (Lipinski definition) is 1. The van der Waals surface area contributed by atoms with Crippen molar-refractivity contribution in [1.29, 1.82) is 0 Å². The molecule has 0 spiro atoms. The highest BCUT2D eigenvalue weighted by atomic mass is 19.1. The summed E-state index contributed by atoms with van der Waals surface area (Å²) in [6.07, 6.45) is 0.521. The van der Waals surface area contributed by atoms with Crippen LogP contribution in [0.15, 0.2) is 42.5 Å². The van der Waals surface area contributed by atoms with Crippen LogP contribution in [-0.2, 0) is 18.2 Å². The monoisotopic (exact) mass is 439 g/mol. The first-order chi connectivity index (χ1) is 15.2. The molecule has 0 fully saturated rings. The van der Waals surface area contributed by atoms with Gasteiger partial charge in [-0.2, -0.15) is 5.10 Å². The zero-order valence-corrected chi connectivity index (χ0v) is 18.7. The van der Waals surface area contributed by atoms with Crippen molar-refractivity contribution >= 4 is 11.9 Å². The summed E-state index contributed by atoms with van der Waals surface area (Å²) >= 11 is 0. The molecule has 1 N–H and O–H groups in total. The van der Waals surface area contributed by atoms with E-state index in [0.717, 1.165) is 5.56 Å². The minimum Gasteiger partial charge on any atom is -0.465 e. The van der Waals surface area contributed by atoms with Gasteiger partial charge in [-0.3, -0.25) is 4.79 Å². The maximum atomic E-state index is 13.8. The summed E-state index contributed by atoms with van der Waals surface area (Å²) in [5, 5.41) is 7.25. The number of esters is 1. The first kappa shape index (κ1) is 23.0.